The Morgan fingerprint density at radius 2 is 0.969 bits per heavy atom. The molecular weight excluding hydrogens is 396 g/mol. The number of hydrogen-bond donors (Lipinski definition) is 3. The zero-order valence-corrected chi connectivity index (χ0v) is 19.2. The van der Waals surface area contributed by atoms with Gasteiger partial charge < -0.3 is 15.3 Å². The monoisotopic (exact) mass is 428 g/mol. The van der Waals surface area contributed by atoms with Crippen molar-refractivity contribution in [3.05, 3.63) is 125 Å². The predicted molar refractivity (Wildman–Crippen MR) is 132 cm³/mol. The molecule has 3 heteroatoms. The number of aryl methyl sites for hydroxylation is 1. The minimum Gasteiger partial charge on any atom is -0.508 e. The lowest BCUT2D eigenvalue weighted by molar-refractivity contribution is 0.465. The smallest absolute Gasteiger partial charge is 0.121 e. The number of aromatic hydroxyl groups is 3. The highest BCUT2D eigenvalue weighted by Crippen LogP contribution is 2.34. The fourth-order valence-electron chi connectivity index (χ4n) is 3.33. The Kier molecular flexibility index (Phi) is 9.37. The molecule has 4 aromatic carbocycles. The molecule has 1 unspecified atom stereocenters. The number of rotatable bonds is 2. The third-order valence-corrected chi connectivity index (χ3v) is 5.37. The largest absolute Gasteiger partial charge is 0.508 e. The van der Waals surface area contributed by atoms with Gasteiger partial charge in [-0.3, -0.25) is 0 Å². The summed E-state index contributed by atoms with van der Waals surface area (Å²) in [6.45, 7) is 8.25. The molecule has 3 N–H and O–H groups in total. The summed E-state index contributed by atoms with van der Waals surface area (Å²) in [5.74, 6) is 1.42. The average molecular weight is 429 g/mol. The Morgan fingerprint density at radius 1 is 0.562 bits per heavy atom. The Labute approximate surface area is 191 Å². The molecule has 0 radical (unpaired) electrons. The molecule has 0 heterocycles. The van der Waals surface area contributed by atoms with Gasteiger partial charge in [-0.15, -0.1) is 0 Å². The number of phenols is 3. The van der Waals surface area contributed by atoms with Gasteiger partial charge in [0.05, 0.1) is 0 Å². The third-order valence-electron chi connectivity index (χ3n) is 5.37. The van der Waals surface area contributed by atoms with Crippen molar-refractivity contribution in [2.24, 2.45) is 0 Å². The molecule has 3 nitrogen and oxygen atoms in total. The molecule has 0 aliphatic rings. The summed E-state index contributed by atoms with van der Waals surface area (Å²) < 4.78 is 0. The number of benzene rings is 4. The SMILES string of the molecule is Cc1cc(C(C)c2ccccc2)c(C)c(C)c1O.Oc1ccccc1.Oc1ccccc1. The van der Waals surface area contributed by atoms with Crippen molar-refractivity contribution in [3.8, 4) is 17.2 Å². The van der Waals surface area contributed by atoms with Gasteiger partial charge in [0.25, 0.3) is 0 Å². The van der Waals surface area contributed by atoms with Crippen LogP contribution in [0.2, 0.25) is 0 Å². The van der Waals surface area contributed by atoms with Crippen LogP contribution in [0.25, 0.3) is 0 Å². The first-order valence-corrected chi connectivity index (χ1v) is 10.6. The highest BCUT2D eigenvalue weighted by Gasteiger charge is 2.15. The Morgan fingerprint density at radius 3 is 1.34 bits per heavy atom. The van der Waals surface area contributed by atoms with Crippen LogP contribution >= 0.6 is 0 Å². The van der Waals surface area contributed by atoms with Crippen molar-refractivity contribution < 1.29 is 15.3 Å². The molecule has 0 fully saturated rings. The molecule has 0 aliphatic heterocycles. The lowest BCUT2D eigenvalue weighted by atomic mass is 9.87. The number of hydrogen-bond acceptors (Lipinski definition) is 3. The van der Waals surface area contributed by atoms with Crippen molar-refractivity contribution in [2.75, 3.05) is 0 Å². The van der Waals surface area contributed by atoms with Gasteiger partial charge in [-0.05, 0) is 72.9 Å². The number of phenolic OH excluding ortho intramolecular Hbond substituents is 3. The average Bonchev–Trinajstić information content (AvgIpc) is 2.82. The van der Waals surface area contributed by atoms with Gasteiger partial charge >= 0.3 is 0 Å². The van der Waals surface area contributed by atoms with Crippen molar-refractivity contribution in [2.45, 2.75) is 33.6 Å². The molecule has 4 rings (SSSR count). The second kappa shape index (κ2) is 12.2. The summed E-state index contributed by atoms with van der Waals surface area (Å²) in [7, 11) is 0. The zero-order chi connectivity index (χ0) is 23.5. The predicted octanol–water partition coefficient (Wildman–Crippen LogP) is 7.25. The summed E-state index contributed by atoms with van der Waals surface area (Å²) in [4.78, 5) is 0. The maximum absolute atomic E-state index is 9.96. The van der Waals surface area contributed by atoms with Gasteiger partial charge in [-0.1, -0.05) is 79.7 Å². The fraction of sp³-hybridized carbons (Fsp3) is 0.172. The van der Waals surface area contributed by atoms with Gasteiger partial charge in [-0.25, -0.2) is 0 Å². The third kappa shape index (κ3) is 7.21. The highest BCUT2D eigenvalue weighted by molar-refractivity contribution is 5.51. The molecule has 0 bridgehead atoms. The van der Waals surface area contributed by atoms with Crippen LogP contribution in [0.4, 0.5) is 0 Å². The number of para-hydroxylation sites is 2. The molecule has 0 aromatic heterocycles. The van der Waals surface area contributed by atoms with E-state index in [0.29, 0.717) is 23.2 Å². The van der Waals surface area contributed by atoms with Crippen LogP contribution in [0.15, 0.2) is 97.1 Å². The summed E-state index contributed by atoms with van der Waals surface area (Å²) in [5, 5.41) is 27.2. The van der Waals surface area contributed by atoms with E-state index in [9.17, 15) is 5.11 Å². The van der Waals surface area contributed by atoms with Crippen LogP contribution < -0.4 is 0 Å². The van der Waals surface area contributed by atoms with E-state index in [2.05, 4.69) is 44.2 Å². The van der Waals surface area contributed by atoms with E-state index in [1.807, 2.05) is 32.0 Å². The van der Waals surface area contributed by atoms with Gasteiger partial charge in [-0.2, -0.15) is 0 Å². The minimum absolute atomic E-state index is 0.322. The van der Waals surface area contributed by atoms with E-state index in [1.165, 1.54) is 16.7 Å². The quantitative estimate of drug-likeness (QED) is 0.315. The zero-order valence-electron chi connectivity index (χ0n) is 19.2. The first-order valence-electron chi connectivity index (χ1n) is 10.6. The van der Waals surface area contributed by atoms with Crippen molar-refractivity contribution >= 4 is 0 Å². The second-order valence-electron chi connectivity index (χ2n) is 7.68. The van der Waals surface area contributed by atoms with E-state index in [-0.39, 0.29) is 0 Å². The van der Waals surface area contributed by atoms with Crippen LogP contribution in [0.3, 0.4) is 0 Å². The first-order chi connectivity index (χ1) is 15.3. The maximum Gasteiger partial charge on any atom is 0.121 e. The molecule has 0 amide bonds. The Bertz CT molecular complexity index is 1040. The van der Waals surface area contributed by atoms with Gasteiger partial charge in [0, 0.05) is 5.92 Å². The van der Waals surface area contributed by atoms with E-state index in [4.69, 9.17) is 10.2 Å². The van der Waals surface area contributed by atoms with Crippen LogP contribution in [0, 0.1) is 20.8 Å². The molecule has 0 spiro atoms. The van der Waals surface area contributed by atoms with E-state index in [1.54, 1.807) is 48.5 Å². The van der Waals surface area contributed by atoms with Gasteiger partial charge in [0.2, 0.25) is 0 Å². The highest BCUT2D eigenvalue weighted by atomic mass is 16.3. The lowest BCUT2D eigenvalue weighted by Crippen LogP contribution is -2.01. The van der Waals surface area contributed by atoms with Crippen molar-refractivity contribution in [1.82, 2.24) is 0 Å². The molecule has 0 saturated carbocycles. The molecule has 0 aliphatic carbocycles. The maximum atomic E-state index is 9.96. The van der Waals surface area contributed by atoms with Gasteiger partial charge in [0.1, 0.15) is 17.2 Å². The molecule has 1 atom stereocenters. The van der Waals surface area contributed by atoms with Crippen LogP contribution in [-0.2, 0) is 0 Å². The van der Waals surface area contributed by atoms with Crippen LogP contribution in [0.1, 0.15) is 40.7 Å². The lowest BCUT2D eigenvalue weighted by Gasteiger charge is -2.19. The molecule has 0 saturated heterocycles. The summed E-state index contributed by atoms with van der Waals surface area (Å²) >= 11 is 0. The van der Waals surface area contributed by atoms with Crippen LogP contribution in [-0.4, -0.2) is 15.3 Å². The van der Waals surface area contributed by atoms with E-state index >= 15 is 0 Å². The molecule has 32 heavy (non-hydrogen) atoms. The van der Waals surface area contributed by atoms with E-state index < -0.39 is 0 Å². The van der Waals surface area contributed by atoms with Gasteiger partial charge in [0.15, 0.2) is 0 Å². The topological polar surface area (TPSA) is 60.7 Å². The fourth-order valence-corrected chi connectivity index (χ4v) is 3.33. The summed E-state index contributed by atoms with van der Waals surface area (Å²) in [5.41, 5.74) is 5.75. The second-order valence-corrected chi connectivity index (χ2v) is 7.68. The van der Waals surface area contributed by atoms with Crippen molar-refractivity contribution in [3.63, 3.8) is 0 Å². The van der Waals surface area contributed by atoms with Crippen molar-refractivity contribution in [1.29, 1.82) is 0 Å². The Hall–Kier alpha value is -3.72. The normalized spacial score (nSPS) is 10.8. The molecule has 166 valence electrons. The molecular formula is C29H32O3. The van der Waals surface area contributed by atoms with Crippen LogP contribution in [0.5, 0.6) is 17.2 Å². The van der Waals surface area contributed by atoms with E-state index in [0.717, 1.165) is 11.1 Å². The summed E-state index contributed by atoms with van der Waals surface area (Å²) in [6, 6.07) is 30.0. The summed E-state index contributed by atoms with van der Waals surface area (Å²) in [6.07, 6.45) is 0. The standard InChI is InChI=1S/C17H20O.2C6H6O/c1-11-10-16(12(2)13(3)17(11)18)14(4)15-8-6-5-7-9-15;2*7-6-4-2-1-3-5-6/h5-10,14,18H,1-4H3;2*1-5,7H. The first kappa shape index (κ1) is 24.5. The molecule has 4 aromatic rings. The minimum atomic E-state index is 0.322. The Balaban J connectivity index is 0.000000211.